The molecule has 0 aliphatic heterocycles. The van der Waals surface area contributed by atoms with E-state index in [1.807, 2.05) is 0 Å². The molecule has 18 heavy (non-hydrogen) atoms. The smallest absolute Gasteiger partial charge is 0.112 e. The van der Waals surface area contributed by atoms with Crippen molar-refractivity contribution in [2.45, 2.75) is 57.9 Å². The number of benzene rings is 1. The van der Waals surface area contributed by atoms with Gasteiger partial charge in [-0.05, 0) is 31.4 Å². The molecule has 0 bridgehead atoms. The molecule has 0 unspecified atom stereocenters. The molecular weight excluding hydrogens is 220 g/mol. The van der Waals surface area contributed by atoms with Crippen LogP contribution in [0.25, 0.3) is 11.0 Å². The maximum atomic E-state index is 4.92. The number of aryl methyl sites for hydroxylation is 1. The fraction of sp³-hybridized carbons (Fsp3) is 0.562. The van der Waals surface area contributed by atoms with Crippen LogP contribution in [0.15, 0.2) is 24.3 Å². The average Bonchev–Trinajstić information content (AvgIpc) is 2.80. The molecule has 1 aromatic heterocycles. The highest BCUT2D eigenvalue weighted by atomic mass is 15.1. The first kappa shape index (κ1) is 11.8. The van der Waals surface area contributed by atoms with E-state index in [0.717, 1.165) is 6.54 Å². The fourth-order valence-corrected chi connectivity index (χ4v) is 3.23. The normalized spacial score (nSPS) is 17.4. The van der Waals surface area contributed by atoms with Crippen molar-refractivity contribution in [3.05, 3.63) is 30.1 Å². The predicted molar refractivity (Wildman–Crippen MR) is 75.9 cm³/mol. The Kier molecular flexibility index (Phi) is 3.35. The monoisotopic (exact) mass is 242 g/mol. The quantitative estimate of drug-likeness (QED) is 0.775. The number of para-hydroxylation sites is 2. The maximum absolute atomic E-state index is 4.92. The van der Waals surface area contributed by atoms with E-state index in [-0.39, 0.29) is 0 Å². The first-order valence-corrected chi connectivity index (χ1v) is 7.35. The van der Waals surface area contributed by atoms with Crippen molar-refractivity contribution in [1.82, 2.24) is 9.55 Å². The molecule has 0 radical (unpaired) electrons. The lowest BCUT2D eigenvalue weighted by Crippen LogP contribution is -2.12. The van der Waals surface area contributed by atoms with Gasteiger partial charge in [0.1, 0.15) is 5.82 Å². The van der Waals surface area contributed by atoms with Gasteiger partial charge in [0.15, 0.2) is 0 Å². The summed E-state index contributed by atoms with van der Waals surface area (Å²) >= 11 is 0. The molecule has 1 aromatic carbocycles. The third-order valence-corrected chi connectivity index (χ3v) is 4.10. The van der Waals surface area contributed by atoms with Crippen LogP contribution in [-0.2, 0) is 6.54 Å². The second-order valence-corrected chi connectivity index (χ2v) is 5.45. The van der Waals surface area contributed by atoms with Gasteiger partial charge in [0.25, 0.3) is 0 Å². The molecule has 0 atom stereocenters. The predicted octanol–water partition coefficient (Wildman–Crippen LogP) is 4.49. The zero-order chi connectivity index (χ0) is 12.4. The number of nitrogens with zero attached hydrogens (tertiary/aromatic N) is 2. The third kappa shape index (κ3) is 2.05. The van der Waals surface area contributed by atoms with Crippen molar-refractivity contribution < 1.29 is 0 Å². The van der Waals surface area contributed by atoms with Crippen LogP contribution in [0.5, 0.6) is 0 Å². The first-order chi connectivity index (χ1) is 8.90. The lowest BCUT2D eigenvalue weighted by atomic mass is 9.88. The molecule has 2 heteroatoms. The largest absolute Gasteiger partial charge is 0.328 e. The summed E-state index contributed by atoms with van der Waals surface area (Å²) in [5, 5.41) is 0. The Bertz CT molecular complexity index is 521. The van der Waals surface area contributed by atoms with Gasteiger partial charge in [-0.1, -0.05) is 38.3 Å². The molecular formula is C16H22N2. The van der Waals surface area contributed by atoms with Crippen LogP contribution < -0.4 is 0 Å². The van der Waals surface area contributed by atoms with Gasteiger partial charge in [-0.25, -0.2) is 4.98 Å². The number of imidazole rings is 1. The number of fused-ring (bicyclic) bond motifs is 1. The lowest BCUT2D eigenvalue weighted by Gasteiger charge is -2.22. The van der Waals surface area contributed by atoms with Gasteiger partial charge in [0.2, 0.25) is 0 Å². The Labute approximate surface area is 109 Å². The van der Waals surface area contributed by atoms with E-state index in [0.29, 0.717) is 5.92 Å². The van der Waals surface area contributed by atoms with Crippen molar-refractivity contribution in [2.24, 2.45) is 0 Å². The number of aromatic nitrogens is 2. The molecule has 3 rings (SSSR count). The van der Waals surface area contributed by atoms with Crippen molar-refractivity contribution >= 4 is 11.0 Å². The first-order valence-electron chi connectivity index (χ1n) is 7.35. The van der Waals surface area contributed by atoms with Crippen LogP contribution in [0.4, 0.5) is 0 Å². The van der Waals surface area contributed by atoms with E-state index < -0.39 is 0 Å². The van der Waals surface area contributed by atoms with Crippen LogP contribution in [-0.4, -0.2) is 9.55 Å². The van der Waals surface area contributed by atoms with Gasteiger partial charge < -0.3 is 4.57 Å². The molecule has 0 N–H and O–H groups in total. The standard InChI is InChI=1S/C16H22N2/c1-2-12-18-15-11-7-6-10-14(15)17-16(18)13-8-4-3-5-9-13/h6-7,10-11,13H,2-5,8-9,12H2,1H3. The van der Waals surface area contributed by atoms with Crippen molar-refractivity contribution in [3.8, 4) is 0 Å². The van der Waals surface area contributed by atoms with E-state index >= 15 is 0 Å². The summed E-state index contributed by atoms with van der Waals surface area (Å²) in [5.41, 5.74) is 2.49. The summed E-state index contributed by atoms with van der Waals surface area (Å²) in [6, 6.07) is 8.58. The van der Waals surface area contributed by atoms with E-state index in [4.69, 9.17) is 4.98 Å². The van der Waals surface area contributed by atoms with E-state index in [9.17, 15) is 0 Å². The second-order valence-electron chi connectivity index (χ2n) is 5.45. The Morgan fingerprint density at radius 1 is 1.17 bits per heavy atom. The van der Waals surface area contributed by atoms with Gasteiger partial charge >= 0.3 is 0 Å². The van der Waals surface area contributed by atoms with Gasteiger partial charge in [-0.15, -0.1) is 0 Å². The average molecular weight is 242 g/mol. The zero-order valence-electron chi connectivity index (χ0n) is 11.2. The van der Waals surface area contributed by atoms with Gasteiger partial charge in [0, 0.05) is 12.5 Å². The van der Waals surface area contributed by atoms with Crippen molar-refractivity contribution in [3.63, 3.8) is 0 Å². The molecule has 96 valence electrons. The summed E-state index contributed by atoms with van der Waals surface area (Å²) < 4.78 is 2.46. The summed E-state index contributed by atoms with van der Waals surface area (Å²) in [6.45, 7) is 3.35. The lowest BCUT2D eigenvalue weighted by molar-refractivity contribution is 0.416. The molecule has 0 saturated heterocycles. The summed E-state index contributed by atoms with van der Waals surface area (Å²) in [5.74, 6) is 2.04. The fourth-order valence-electron chi connectivity index (χ4n) is 3.23. The molecule has 0 amide bonds. The highest BCUT2D eigenvalue weighted by Crippen LogP contribution is 2.33. The minimum absolute atomic E-state index is 0.692. The van der Waals surface area contributed by atoms with Crippen LogP contribution >= 0.6 is 0 Å². The molecule has 1 aliphatic rings. The SMILES string of the molecule is CCCn1c(C2CCCCC2)nc2ccccc21. The molecule has 2 aromatic rings. The van der Waals surface area contributed by atoms with Gasteiger partial charge in [-0.2, -0.15) is 0 Å². The topological polar surface area (TPSA) is 17.8 Å². The van der Waals surface area contributed by atoms with Crippen molar-refractivity contribution in [2.75, 3.05) is 0 Å². The summed E-state index contributed by atoms with van der Waals surface area (Å²) in [4.78, 5) is 4.92. The molecule has 1 aliphatic carbocycles. The number of rotatable bonds is 3. The van der Waals surface area contributed by atoms with E-state index in [2.05, 4.69) is 35.8 Å². The molecule has 1 fully saturated rings. The van der Waals surface area contributed by atoms with Crippen molar-refractivity contribution in [1.29, 1.82) is 0 Å². The van der Waals surface area contributed by atoms with E-state index in [1.165, 1.54) is 55.4 Å². The molecule has 0 spiro atoms. The van der Waals surface area contributed by atoms with E-state index in [1.54, 1.807) is 0 Å². The highest BCUT2D eigenvalue weighted by molar-refractivity contribution is 5.76. The van der Waals surface area contributed by atoms with Crippen LogP contribution in [0.2, 0.25) is 0 Å². The molecule has 2 nitrogen and oxygen atoms in total. The Morgan fingerprint density at radius 3 is 2.72 bits per heavy atom. The zero-order valence-corrected chi connectivity index (χ0v) is 11.2. The van der Waals surface area contributed by atoms with Crippen LogP contribution in [0, 0.1) is 0 Å². The molecule has 1 heterocycles. The maximum Gasteiger partial charge on any atom is 0.112 e. The second kappa shape index (κ2) is 5.13. The minimum atomic E-state index is 0.692. The summed E-state index contributed by atoms with van der Waals surface area (Å²) in [7, 11) is 0. The Morgan fingerprint density at radius 2 is 1.94 bits per heavy atom. The highest BCUT2D eigenvalue weighted by Gasteiger charge is 2.21. The molecule has 1 saturated carbocycles. The number of hydrogen-bond donors (Lipinski definition) is 0. The Balaban J connectivity index is 2.05. The van der Waals surface area contributed by atoms with Crippen LogP contribution in [0.1, 0.15) is 57.2 Å². The number of hydrogen-bond acceptors (Lipinski definition) is 1. The Hall–Kier alpha value is -1.31. The van der Waals surface area contributed by atoms with Gasteiger partial charge in [-0.3, -0.25) is 0 Å². The summed E-state index contributed by atoms with van der Waals surface area (Å²) in [6.07, 6.45) is 7.99. The third-order valence-electron chi connectivity index (χ3n) is 4.10. The minimum Gasteiger partial charge on any atom is -0.328 e. The van der Waals surface area contributed by atoms with Crippen LogP contribution in [0.3, 0.4) is 0 Å². The van der Waals surface area contributed by atoms with Gasteiger partial charge in [0.05, 0.1) is 11.0 Å².